The first-order valence-corrected chi connectivity index (χ1v) is 7.30. The third kappa shape index (κ3) is 3.04. The normalized spacial score (nSPS) is 27.2. The minimum atomic E-state index is -0.702. The maximum atomic E-state index is 11.0. The molecule has 0 bridgehead atoms. The van der Waals surface area contributed by atoms with Crippen LogP contribution in [0.5, 0.6) is 0 Å². The molecule has 0 spiro atoms. The molecule has 2 fully saturated rings. The molecular formula is C14H26N2O2. The monoisotopic (exact) mass is 254 g/mol. The van der Waals surface area contributed by atoms with E-state index in [2.05, 4.69) is 16.7 Å². The third-order valence-corrected chi connectivity index (χ3v) is 4.91. The molecule has 2 unspecified atom stereocenters. The summed E-state index contributed by atoms with van der Waals surface area (Å²) in [6.45, 7) is 7.98. The lowest BCUT2D eigenvalue weighted by molar-refractivity contribution is -0.143. The average molecular weight is 254 g/mol. The standard InChI is InChI=1S/C14H26N2O2/c1-11(13-5-3-4-6-13)15-7-9-16(10-8-15)12(2)14(17)18/h11-13H,3-10H2,1-2H3,(H,17,18). The summed E-state index contributed by atoms with van der Waals surface area (Å²) >= 11 is 0. The van der Waals surface area contributed by atoms with E-state index in [-0.39, 0.29) is 6.04 Å². The van der Waals surface area contributed by atoms with Gasteiger partial charge in [-0.25, -0.2) is 0 Å². The van der Waals surface area contributed by atoms with Crippen molar-refractivity contribution >= 4 is 5.97 Å². The fourth-order valence-corrected chi connectivity index (χ4v) is 3.43. The highest BCUT2D eigenvalue weighted by Crippen LogP contribution is 2.30. The summed E-state index contributed by atoms with van der Waals surface area (Å²) in [5, 5.41) is 9.03. The molecule has 1 saturated carbocycles. The lowest BCUT2D eigenvalue weighted by atomic mass is 9.97. The van der Waals surface area contributed by atoms with Gasteiger partial charge in [0.05, 0.1) is 0 Å². The number of hydrogen-bond donors (Lipinski definition) is 1. The van der Waals surface area contributed by atoms with Gasteiger partial charge in [-0.05, 0) is 32.6 Å². The Morgan fingerprint density at radius 2 is 1.56 bits per heavy atom. The maximum absolute atomic E-state index is 11.0. The summed E-state index contributed by atoms with van der Waals surface area (Å²) in [5.74, 6) is 0.167. The number of carboxylic acids is 1. The van der Waals surface area contributed by atoms with Crippen LogP contribution in [0.25, 0.3) is 0 Å². The maximum Gasteiger partial charge on any atom is 0.320 e. The van der Waals surface area contributed by atoms with Crippen LogP contribution in [0.2, 0.25) is 0 Å². The molecule has 2 atom stereocenters. The van der Waals surface area contributed by atoms with Crippen molar-refractivity contribution in [3.8, 4) is 0 Å². The fourth-order valence-electron chi connectivity index (χ4n) is 3.43. The van der Waals surface area contributed by atoms with Gasteiger partial charge in [-0.1, -0.05) is 12.8 Å². The number of carbonyl (C=O) groups is 1. The van der Waals surface area contributed by atoms with Gasteiger partial charge in [0.2, 0.25) is 0 Å². The number of rotatable bonds is 4. The molecule has 18 heavy (non-hydrogen) atoms. The summed E-state index contributed by atoms with van der Waals surface area (Å²) < 4.78 is 0. The van der Waals surface area contributed by atoms with Crippen LogP contribution >= 0.6 is 0 Å². The zero-order valence-electron chi connectivity index (χ0n) is 11.6. The number of hydrogen-bond acceptors (Lipinski definition) is 3. The van der Waals surface area contributed by atoms with Crippen molar-refractivity contribution in [3.63, 3.8) is 0 Å². The molecule has 2 rings (SSSR count). The van der Waals surface area contributed by atoms with Crippen LogP contribution in [0.4, 0.5) is 0 Å². The predicted octanol–water partition coefficient (Wildman–Crippen LogP) is 1.66. The molecule has 0 radical (unpaired) electrons. The zero-order chi connectivity index (χ0) is 13.1. The second-order valence-electron chi connectivity index (χ2n) is 5.87. The summed E-state index contributed by atoms with van der Waals surface area (Å²) in [5.41, 5.74) is 0. The average Bonchev–Trinajstić information content (AvgIpc) is 2.91. The Labute approximate surface area is 110 Å². The van der Waals surface area contributed by atoms with Crippen LogP contribution in [-0.4, -0.2) is 59.1 Å². The van der Waals surface area contributed by atoms with Crippen LogP contribution in [0.15, 0.2) is 0 Å². The molecule has 4 heteroatoms. The molecule has 1 N–H and O–H groups in total. The van der Waals surface area contributed by atoms with E-state index < -0.39 is 5.97 Å². The Morgan fingerprint density at radius 3 is 2.06 bits per heavy atom. The Bertz CT molecular complexity index is 282. The molecule has 2 aliphatic rings. The third-order valence-electron chi connectivity index (χ3n) is 4.91. The van der Waals surface area contributed by atoms with Gasteiger partial charge < -0.3 is 5.11 Å². The molecule has 104 valence electrons. The largest absolute Gasteiger partial charge is 0.480 e. The number of aliphatic carboxylic acids is 1. The van der Waals surface area contributed by atoms with Crippen molar-refractivity contribution in [2.75, 3.05) is 26.2 Å². The Kier molecular flexibility index (Phi) is 4.62. The Morgan fingerprint density at radius 1 is 1.06 bits per heavy atom. The van der Waals surface area contributed by atoms with Gasteiger partial charge in [0.15, 0.2) is 0 Å². The number of piperazine rings is 1. The highest BCUT2D eigenvalue weighted by Gasteiger charge is 2.30. The zero-order valence-corrected chi connectivity index (χ0v) is 11.6. The molecule has 1 heterocycles. The SMILES string of the molecule is CC(C(=O)O)N1CCN(C(C)C2CCCC2)CC1. The van der Waals surface area contributed by atoms with Gasteiger partial charge in [0.25, 0.3) is 0 Å². The molecule has 0 amide bonds. The number of carboxylic acid groups (broad SMARTS) is 1. The summed E-state index contributed by atoms with van der Waals surface area (Å²) in [6.07, 6.45) is 5.55. The van der Waals surface area contributed by atoms with Crippen LogP contribution in [0, 0.1) is 5.92 Å². The van der Waals surface area contributed by atoms with Crippen molar-refractivity contribution in [1.82, 2.24) is 9.80 Å². The Balaban J connectivity index is 1.80. The lowest BCUT2D eigenvalue weighted by Gasteiger charge is -2.41. The van der Waals surface area contributed by atoms with E-state index in [0.29, 0.717) is 6.04 Å². The van der Waals surface area contributed by atoms with Gasteiger partial charge in [0, 0.05) is 32.2 Å². The highest BCUT2D eigenvalue weighted by molar-refractivity contribution is 5.72. The molecular weight excluding hydrogens is 228 g/mol. The molecule has 1 aliphatic carbocycles. The van der Waals surface area contributed by atoms with Crippen LogP contribution < -0.4 is 0 Å². The van der Waals surface area contributed by atoms with Gasteiger partial charge in [-0.3, -0.25) is 14.6 Å². The first kappa shape index (κ1) is 13.8. The molecule has 0 aromatic carbocycles. The highest BCUT2D eigenvalue weighted by atomic mass is 16.4. The second-order valence-corrected chi connectivity index (χ2v) is 5.87. The van der Waals surface area contributed by atoms with Crippen LogP contribution in [0.3, 0.4) is 0 Å². The molecule has 1 saturated heterocycles. The van der Waals surface area contributed by atoms with Crippen LogP contribution in [0.1, 0.15) is 39.5 Å². The number of nitrogens with zero attached hydrogens (tertiary/aromatic N) is 2. The van der Waals surface area contributed by atoms with Crippen molar-refractivity contribution in [3.05, 3.63) is 0 Å². The molecule has 0 aromatic heterocycles. The minimum absolute atomic E-state index is 0.339. The molecule has 1 aliphatic heterocycles. The van der Waals surface area contributed by atoms with E-state index in [9.17, 15) is 4.79 Å². The summed E-state index contributed by atoms with van der Waals surface area (Å²) in [6, 6.07) is 0.337. The van der Waals surface area contributed by atoms with Gasteiger partial charge in [-0.2, -0.15) is 0 Å². The lowest BCUT2D eigenvalue weighted by Crippen LogP contribution is -2.54. The smallest absolute Gasteiger partial charge is 0.320 e. The second kappa shape index (κ2) is 6.02. The Hall–Kier alpha value is -0.610. The van der Waals surface area contributed by atoms with E-state index in [1.54, 1.807) is 6.92 Å². The van der Waals surface area contributed by atoms with E-state index in [1.807, 2.05) is 0 Å². The molecule has 4 nitrogen and oxygen atoms in total. The first-order chi connectivity index (χ1) is 8.59. The van der Waals surface area contributed by atoms with Gasteiger partial charge in [0.1, 0.15) is 6.04 Å². The summed E-state index contributed by atoms with van der Waals surface area (Å²) in [4.78, 5) is 15.6. The van der Waals surface area contributed by atoms with Crippen LogP contribution in [-0.2, 0) is 4.79 Å². The summed E-state index contributed by atoms with van der Waals surface area (Å²) in [7, 11) is 0. The van der Waals surface area contributed by atoms with Crippen molar-refractivity contribution < 1.29 is 9.90 Å². The first-order valence-electron chi connectivity index (χ1n) is 7.30. The van der Waals surface area contributed by atoms with E-state index in [1.165, 1.54) is 25.7 Å². The molecule has 0 aromatic rings. The van der Waals surface area contributed by atoms with E-state index >= 15 is 0 Å². The quantitative estimate of drug-likeness (QED) is 0.828. The van der Waals surface area contributed by atoms with E-state index in [0.717, 1.165) is 32.1 Å². The predicted molar refractivity (Wildman–Crippen MR) is 71.7 cm³/mol. The van der Waals surface area contributed by atoms with Gasteiger partial charge in [-0.15, -0.1) is 0 Å². The van der Waals surface area contributed by atoms with Crippen molar-refractivity contribution in [2.45, 2.75) is 51.6 Å². The fraction of sp³-hybridized carbons (Fsp3) is 0.929. The minimum Gasteiger partial charge on any atom is -0.480 e. The van der Waals surface area contributed by atoms with Crippen molar-refractivity contribution in [1.29, 1.82) is 0 Å². The van der Waals surface area contributed by atoms with Gasteiger partial charge >= 0.3 is 5.97 Å². The topological polar surface area (TPSA) is 43.8 Å². The van der Waals surface area contributed by atoms with E-state index in [4.69, 9.17) is 5.11 Å². The van der Waals surface area contributed by atoms with Crippen molar-refractivity contribution in [2.24, 2.45) is 5.92 Å².